The molecule has 0 bridgehead atoms. The Labute approximate surface area is 153 Å². The van der Waals surface area contributed by atoms with Crippen LogP contribution in [0.2, 0.25) is 0 Å². The Hall–Kier alpha value is -2.37. The molecule has 0 saturated heterocycles. The number of aryl methyl sites for hydroxylation is 1. The van der Waals surface area contributed by atoms with Gasteiger partial charge in [-0.1, -0.05) is 44.2 Å². The fraction of sp³-hybridized carbons (Fsp3) is 0.263. The fourth-order valence-electron chi connectivity index (χ4n) is 2.59. The highest BCUT2D eigenvalue weighted by molar-refractivity contribution is 5.94. The molecule has 132 valence electrons. The highest BCUT2D eigenvalue weighted by atomic mass is 35.5. The smallest absolute Gasteiger partial charge is 0.229 e. The molecule has 2 atom stereocenters. The molecule has 0 aliphatic heterocycles. The van der Waals surface area contributed by atoms with Gasteiger partial charge in [0.15, 0.2) is 11.5 Å². The number of fused-ring (bicyclic) bond motifs is 1. The summed E-state index contributed by atoms with van der Waals surface area (Å²) in [6.07, 6.45) is 0.735. The standard InChI is InChI=1S/C19H21N3O2.ClH/c1-3-17-22-15-11-14(9-10-16(15)24-17)21-19(23)12(2)18(20)13-7-5-4-6-8-13;/h4-12,18H,3,20H2,1-2H3,(H,21,23);1H. The van der Waals surface area contributed by atoms with E-state index in [1.54, 1.807) is 0 Å². The summed E-state index contributed by atoms with van der Waals surface area (Å²) < 4.78 is 5.58. The maximum Gasteiger partial charge on any atom is 0.229 e. The van der Waals surface area contributed by atoms with Gasteiger partial charge in [0.2, 0.25) is 5.91 Å². The Morgan fingerprint density at radius 2 is 1.96 bits per heavy atom. The maximum absolute atomic E-state index is 12.5. The Kier molecular flexibility index (Phi) is 6.17. The van der Waals surface area contributed by atoms with Gasteiger partial charge in [0, 0.05) is 18.2 Å². The van der Waals surface area contributed by atoms with Gasteiger partial charge in [-0.05, 0) is 23.8 Å². The van der Waals surface area contributed by atoms with E-state index in [2.05, 4.69) is 10.3 Å². The van der Waals surface area contributed by atoms with E-state index in [-0.39, 0.29) is 30.3 Å². The summed E-state index contributed by atoms with van der Waals surface area (Å²) in [7, 11) is 0. The summed E-state index contributed by atoms with van der Waals surface area (Å²) in [5.74, 6) is 0.212. The largest absolute Gasteiger partial charge is 0.441 e. The molecular formula is C19H22ClN3O2. The number of hydrogen-bond donors (Lipinski definition) is 2. The molecule has 0 saturated carbocycles. The third-order valence-corrected chi connectivity index (χ3v) is 4.14. The van der Waals surface area contributed by atoms with Gasteiger partial charge < -0.3 is 15.5 Å². The molecule has 1 aromatic heterocycles. The van der Waals surface area contributed by atoms with E-state index in [1.165, 1.54) is 0 Å². The van der Waals surface area contributed by atoms with Crippen LogP contribution >= 0.6 is 12.4 Å². The van der Waals surface area contributed by atoms with Gasteiger partial charge in [0.25, 0.3) is 0 Å². The number of carbonyl (C=O) groups is 1. The van der Waals surface area contributed by atoms with E-state index < -0.39 is 0 Å². The summed E-state index contributed by atoms with van der Waals surface area (Å²) in [5, 5.41) is 2.91. The summed E-state index contributed by atoms with van der Waals surface area (Å²) in [5.41, 5.74) is 9.31. The Morgan fingerprint density at radius 3 is 2.64 bits per heavy atom. The second kappa shape index (κ2) is 8.14. The third-order valence-electron chi connectivity index (χ3n) is 4.14. The van der Waals surface area contributed by atoms with Crippen LogP contribution in [0.25, 0.3) is 11.1 Å². The molecule has 0 radical (unpaired) electrons. The molecule has 3 N–H and O–H groups in total. The normalized spacial score (nSPS) is 13.1. The second-order valence-corrected chi connectivity index (χ2v) is 5.86. The van der Waals surface area contributed by atoms with Crippen molar-refractivity contribution < 1.29 is 9.21 Å². The van der Waals surface area contributed by atoms with Crippen LogP contribution in [0.1, 0.15) is 31.3 Å². The monoisotopic (exact) mass is 359 g/mol. The number of nitrogens with zero attached hydrogens (tertiary/aromatic N) is 1. The minimum Gasteiger partial charge on any atom is -0.441 e. The van der Waals surface area contributed by atoms with Crippen molar-refractivity contribution in [3.63, 3.8) is 0 Å². The van der Waals surface area contributed by atoms with E-state index in [0.717, 1.165) is 23.1 Å². The molecule has 5 nitrogen and oxygen atoms in total. The zero-order chi connectivity index (χ0) is 17.1. The molecule has 1 heterocycles. The lowest BCUT2D eigenvalue weighted by Crippen LogP contribution is -2.30. The van der Waals surface area contributed by atoms with Crippen LogP contribution in [0.15, 0.2) is 52.9 Å². The lowest BCUT2D eigenvalue weighted by atomic mass is 9.94. The van der Waals surface area contributed by atoms with Crippen LogP contribution < -0.4 is 11.1 Å². The van der Waals surface area contributed by atoms with Crippen molar-refractivity contribution >= 4 is 35.1 Å². The Morgan fingerprint density at radius 1 is 1.24 bits per heavy atom. The van der Waals surface area contributed by atoms with Gasteiger partial charge in [0.05, 0.1) is 5.92 Å². The van der Waals surface area contributed by atoms with Gasteiger partial charge in [-0.3, -0.25) is 4.79 Å². The summed E-state index contributed by atoms with van der Waals surface area (Å²) >= 11 is 0. The predicted octanol–water partition coefficient (Wildman–Crippen LogP) is 4.09. The number of amides is 1. The zero-order valence-corrected chi connectivity index (χ0v) is 15.0. The van der Waals surface area contributed by atoms with Crippen LogP contribution in [0, 0.1) is 5.92 Å². The molecule has 3 rings (SSSR count). The van der Waals surface area contributed by atoms with Crippen LogP contribution in [-0.2, 0) is 11.2 Å². The Balaban J connectivity index is 0.00000225. The number of hydrogen-bond acceptors (Lipinski definition) is 4. The number of nitrogens with two attached hydrogens (primary N) is 1. The van der Waals surface area contributed by atoms with E-state index in [4.69, 9.17) is 10.2 Å². The van der Waals surface area contributed by atoms with Gasteiger partial charge in [-0.15, -0.1) is 12.4 Å². The van der Waals surface area contributed by atoms with Crippen molar-refractivity contribution in [1.29, 1.82) is 0 Å². The topological polar surface area (TPSA) is 81.2 Å². The Bertz CT molecular complexity index is 848. The maximum atomic E-state index is 12.5. The molecule has 1 amide bonds. The van der Waals surface area contributed by atoms with Crippen LogP contribution in [0.3, 0.4) is 0 Å². The minimum atomic E-state index is -0.355. The van der Waals surface area contributed by atoms with Gasteiger partial charge in [0.1, 0.15) is 5.52 Å². The summed E-state index contributed by atoms with van der Waals surface area (Å²) in [6.45, 7) is 3.82. The van der Waals surface area contributed by atoms with E-state index >= 15 is 0 Å². The molecule has 0 aliphatic carbocycles. The third kappa shape index (κ3) is 4.18. The number of nitrogens with one attached hydrogen (secondary N) is 1. The lowest BCUT2D eigenvalue weighted by molar-refractivity contribution is -0.120. The number of oxazole rings is 1. The SMILES string of the molecule is CCc1nc2cc(NC(=O)C(C)C(N)c3ccccc3)ccc2o1.Cl. The first-order chi connectivity index (χ1) is 11.6. The molecule has 0 spiro atoms. The quantitative estimate of drug-likeness (QED) is 0.719. The van der Waals surface area contributed by atoms with Gasteiger partial charge in [-0.2, -0.15) is 0 Å². The minimum absolute atomic E-state index is 0. The zero-order valence-electron chi connectivity index (χ0n) is 14.2. The van der Waals surface area contributed by atoms with E-state index in [1.807, 2.05) is 62.4 Å². The average Bonchev–Trinajstić information content (AvgIpc) is 3.03. The highest BCUT2D eigenvalue weighted by Crippen LogP contribution is 2.23. The van der Waals surface area contributed by atoms with Crippen molar-refractivity contribution in [3.05, 3.63) is 60.0 Å². The summed E-state index contributed by atoms with van der Waals surface area (Å²) in [6, 6.07) is 14.7. The van der Waals surface area contributed by atoms with Crippen LogP contribution in [-0.4, -0.2) is 10.9 Å². The molecule has 25 heavy (non-hydrogen) atoms. The van der Waals surface area contributed by atoms with E-state index in [0.29, 0.717) is 11.6 Å². The van der Waals surface area contributed by atoms with Crippen molar-refractivity contribution in [3.8, 4) is 0 Å². The van der Waals surface area contributed by atoms with Crippen molar-refractivity contribution in [2.24, 2.45) is 11.7 Å². The number of anilines is 1. The molecule has 2 aromatic carbocycles. The van der Waals surface area contributed by atoms with Crippen LogP contribution in [0.4, 0.5) is 5.69 Å². The van der Waals surface area contributed by atoms with Crippen molar-refractivity contribution in [2.75, 3.05) is 5.32 Å². The molecule has 2 unspecified atom stereocenters. The van der Waals surface area contributed by atoms with E-state index in [9.17, 15) is 4.79 Å². The fourth-order valence-corrected chi connectivity index (χ4v) is 2.59. The summed E-state index contributed by atoms with van der Waals surface area (Å²) in [4.78, 5) is 16.9. The number of aromatic nitrogens is 1. The molecular weight excluding hydrogens is 338 g/mol. The number of benzene rings is 2. The van der Waals surface area contributed by atoms with Crippen LogP contribution in [0.5, 0.6) is 0 Å². The first-order valence-corrected chi connectivity index (χ1v) is 8.09. The molecule has 3 aromatic rings. The number of halogens is 1. The predicted molar refractivity (Wildman–Crippen MR) is 102 cm³/mol. The molecule has 0 fully saturated rings. The first-order valence-electron chi connectivity index (χ1n) is 8.09. The second-order valence-electron chi connectivity index (χ2n) is 5.86. The molecule has 6 heteroatoms. The number of carbonyl (C=O) groups excluding carboxylic acids is 1. The van der Waals surface area contributed by atoms with Gasteiger partial charge in [-0.25, -0.2) is 4.98 Å². The van der Waals surface area contributed by atoms with Gasteiger partial charge >= 0.3 is 0 Å². The lowest BCUT2D eigenvalue weighted by Gasteiger charge is -2.19. The average molecular weight is 360 g/mol. The van der Waals surface area contributed by atoms with Crippen molar-refractivity contribution in [2.45, 2.75) is 26.3 Å². The van der Waals surface area contributed by atoms with Crippen molar-refractivity contribution in [1.82, 2.24) is 4.98 Å². The highest BCUT2D eigenvalue weighted by Gasteiger charge is 2.22. The number of rotatable bonds is 5. The molecule has 0 aliphatic rings. The first kappa shape index (κ1) is 19.0.